The highest BCUT2D eigenvalue weighted by molar-refractivity contribution is 14.0. The molecule has 1 fully saturated rings. The van der Waals surface area contributed by atoms with Crippen LogP contribution in [0.3, 0.4) is 0 Å². The van der Waals surface area contributed by atoms with Crippen LogP contribution < -0.4 is 5.32 Å². The highest BCUT2D eigenvalue weighted by Crippen LogP contribution is 2.18. The molecule has 1 N–H and O–H groups in total. The van der Waals surface area contributed by atoms with Crippen molar-refractivity contribution in [3.05, 3.63) is 12.2 Å². The molecule has 0 radical (unpaired) electrons. The normalized spacial score (nSPS) is 22.3. The lowest BCUT2D eigenvalue weighted by molar-refractivity contribution is 0.259. The first-order chi connectivity index (χ1) is 11.2. The van der Waals surface area contributed by atoms with Crippen molar-refractivity contribution in [2.75, 3.05) is 45.0 Å². The van der Waals surface area contributed by atoms with Gasteiger partial charge in [0.1, 0.15) is 0 Å². The molecular formula is C17H33IN4O2S. The summed E-state index contributed by atoms with van der Waals surface area (Å²) in [5.74, 6) is 0.940. The summed E-state index contributed by atoms with van der Waals surface area (Å²) >= 11 is 0. The minimum absolute atomic E-state index is 0. The fraction of sp³-hybridized carbons (Fsp3) is 0.824. The van der Waals surface area contributed by atoms with Crippen LogP contribution >= 0.6 is 24.0 Å². The summed E-state index contributed by atoms with van der Waals surface area (Å²) in [6, 6.07) is 0.558. The highest BCUT2D eigenvalue weighted by Gasteiger charge is 2.30. The van der Waals surface area contributed by atoms with Crippen molar-refractivity contribution in [1.29, 1.82) is 0 Å². The molecule has 1 atom stereocenters. The van der Waals surface area contributed by atoms with Crippen LogP contribution in [0.25, 0.3) is 0 Å². The van der Waals surface area contributed by atoms with E-state index in [1.165, 1.54) is 0 Å². The van der Waals surface area contributed by atoms with Crippen LogP contribution in [-0.4, -0.2) is 80.0 Å². The summed E-state index contributed by atoms with van der Waals surface area (Å²) in [6.07, 6.45) is 5.57. The van der Waals surface area contributed by atoms with Crippen molar-refractivity contribution >= 4 is 39.8 Å². The van der Waals surface area contributed by atoms with Gasteiger partial charge in [-0.1, -0.05) is 12.2 Å². The number of rotatable bonds is 5. The van der Waals surface area contributed by atoms with E-state index < -0.39 is 14.6 Å². The molecule has 0 aromatic carbocycles. The first-order valence-electron chi connectivity index (χ1n) is 8.89. The minimum atomic E-state index is -3.13. The molecule has 0 aromatic heterocycles. The topological polar surface area (TPSA) is 65.0 Å². The quantitative estimate of drug-likeness (QED) is 0.279. The molecule has 0 amide bonds. The van der Waals surface area contributed by atoms with Crippen molar-refractivity contribution in [2.24, 2.45) is 4.99 Å². The molecular weight excluding hydrogens is 451 g/mol. The van der Waals surface area contributed by atoms with Gasteiger partial charge in [-0.2, -0.15) is 0 Å². The second-order valence-corrected chi connectivity index (χ2v) is 10.3. The van der Waals surface area contributed by atoms with Crippen molar-refractivity contribution in [2.45, 2.75) is 44.9 Å². The zero-order chi connectivity index (χ0) is 17.8. The Balaban J connectivity index is 0.00000312. The number of guanidine groups is 1. The third-order valence-corrected chi connectivity index (χ3v) is 7.30. The summed E-state index contributed by atoms with van der Waals surface area (Å²) in [5, 5.41) is 3.31. The number of nitrogens with zero attached hydrogens (tertiary/aromatic N) is 3. The summed E-state index contributed by atoms with van der Waals surface area (Å²) in [5.41, 5.74) is 0. The van der Waals surface area contributed by atoms with Gasteiger partial charge < -0.3 is 10.2 Å². The van der Waals surface area contributed by atoms with Gasteiger partial charge in [-0.25, -0.2) is 8.42 Å². The maximum atomic E-state index is 12.2. The Morgan fingerprint density at radius 2 is 1.92 bits per heavy atom. The van der Waals surface area contributed by atoms with Gasteiger partial charge in [-0.15, -0.1) is 24.0 Å². The molecule has 2 heterocycles. The van der Waals surface area contributed by atoms with Crippen LogP contribution in [0.15, 0.2) is 17.1 Å². The molecule has 0 bridgehead atoms. The highest BCUT2D eigenvalue weighted by atomic mass is 127. The van der Waals surface area contributed by atoms with Crippen molar-refractivity contribution in [1.82, 2.24) is 15.1 Å². The first-order valence-corrected chi connectivity index (χ1v) is 10.5. The maximum Gasteiger partial charge on any atom is 0.193 e. The number of likely N-dealkylation sites (tertiary alicyclic amines) is 1. The summed E-state index contributed by atoms with van der Waals surface area (Å²) in [7, 11) is -3.13. The largest absolute Gasteiger partial charge is 0.357 e. The lowest BCUT2D eigenvalue weighted by Crippen LogP contribution is -2.43. The number of hydrogen-bond acceptors (Lipinski definition) is 4. The second-order valence-electron chi connectivity index (χ2n) is 7.48. The summed E-state index contributed by atoms with van der Waals surface area (Å²) < 4.78 is 23.7. The number of nitrogens with one attached hydrogen (secondary N) is 1. The average Bonchev–Trinajstić information content (AvgIpc) is 3.16. The fourth-order valence-corrected chi connectivity index (χ4v) is 3.97. The average molecular weight is 484 g/mol. The number of sulfone groups is 1. The molecule has 0 aliphatic carbocycles. The number of halogens is 1. The lowest BCUT2D eigenvalue weighted by Gasteiger charge is -2.25. The molecule has 0 spiro atoms. The minimum Gasteiger partial charge on any atom is -0.357 e. The van der Waals surface area contributed by atoms with Gasteiger partial charge in [-0.3, -0.25) is 9.89 Å². The molecule has 0 saturated carbocycles. The van der Waals surface area contributed by atoms with E-state index in [2.05, 4.69) is 32.3 Å². The molecule has 0 aromatic rings. The van der Waals surface area contributed by atoms with Gasteiger partial charge >= 0.3 is 0 Å². The Labute approximate surface area is 170 Å². The van der Waals surface area contributed by atoms with Gasteiger partial charge in [0.25, 0.3) is 0 Å². The van der Waals surface area contributed by atoms with Crippen LogP contribution in [0.2, 0.25) is 0 Å². The molecule has 1 saturated heterocycles. The predicted molar refractivity (Wildman–Crippen MR) is 116 cm³/mol. The summed E-state index contributed by atoms with van der Waals surface area (Å²) in [4.78, 5) is 9.31. The zero-order valence-corrected chi connectivity index (χ0v) is 19.0. The van der Waals surface area contributed by atoms with E-state index in [4.69, 9.17) is 0 Å². The first kappa shape index (κ1) is 22.7. The van der Waals surface area contributed by atoms with Gasteiger partial charge in [0, 0.05) is 38.8 Å². The van der Waals surface area contributed by atoms with E-state index in [1.807, 2.05) is 6.92 Å². The van der Waals surface area contributed by atoms with Gasteiger partial charge in [0.2, 0.25) is 0 Å². The van der Waals surface area contributed by atoms with Crippen LogP contribution in [0.4, 0.5) is 0 Å². The van der Waals surface area contributed by atoms with E-state index in [0.717, 1.165) is 45.1 Å². The zero-order valence-electron chi connectivity index (χ0n) is 15.9. The maximum absolute atomic E-state index is 12.2. The Hall–Kier alpha value is -0.350. The Morgan fingerprint density at radius 3 is 2.48 bits per heavy atom. The van der Waals surface area contributed by atoms with Gasteiger partial charge in [0.15, 0.2) is 15.8 Å². The van der Waals surface area contributed by atoms with E-state index in [0.29, 0.717) is 12.6 Å². The Morgan fingerprint density at radius 1 is 1.28 bits per heavy atom. The monoisotopic (exact) mass is 484 g/mol. The molecule has 2 aliphatic rings. The number of aliphatic imine (C=N–C) groups is 1. The lowest BCUT2D eigenvalue weighted by atomic mass is 10.2. The molecule has 146 valence electrons. The van der Waals surface area contributed by atoms with E-state index in [-0.39, 0.29) is 29.7 Å². The van der Waals surface area contributed by atoms with E-state index in [1.54, 1.807) is 20.8 Å². The smallest absolute Gasteiger partial charge is 0.193 e. The molecule has 6 nitrogen and oxygen atoms in total. The molecule has 2 rings (SSSR count). The molecule has 1 unspecified atom stereocenters. The summed E-state index contributed by atoms with van der Waals surface area (Å²) in [6.45, 7) is 12.4. The van der Waals surface area contributed by atoms with Crippen molar-refractivity contribution in [3.8, 4) is 0 Å². The van der Waals surface area contributed by atoms with E-state index >= 15 is 0 Å². The Bertz CT molecular complexity index is 576. The fourth-order valence-electron chi connectivity index (χ4n) is 3.03. The van der Waals surface area contributed by atoms with Crippen LogP contribution in [-0.2, 0) is 9.84 Å². The third-order valence-electron chi connectivity index (χ3n) is 4.72. The van der Waals surface area contributed by atoms with Crippen LogP contribution in [0.1, 0.15) is 34.1 Å². The Kier molecular flexibility index (Phi) is 8.66. The standard InChI is InChI=1S/C17H32N4O2S.HI/c1-5-18-16(19-9-13-24(22,23)17(2,3)4)21-12-8-15(14-21)20-10-6-7-11-20;/h6-7,15H,5,8-14H2,1-4H3,(H,18,19);1H. The number of hydrogen-bond donors (Lipinski definition) is 1. The molecule has 25 heavy (non-hydrogen) atoms. The van der Waals surface area contributed by atoms with Crippen LogP contribution in [0, 0.1) is 0 Å². The third kappa shape index (κ3) is 6.09. The van der Waals surface area contributed by atoms with Crippen molar-refractivity contribution < 1.29 is 8.42 Å². The molecule has 2 aliphatic heterocycles. The molecule has 8 heteroatoms. The van der Waals surface area contributed by atoms with E-state index in [9.17, 15) is 8.42 Å². The van der Waals surface area contributed by atoms with Crippen LogP contribution in [0.5, 0.6) is 0 Å². The van der Waals surface area contributed by atoms with Crippen molar-refractivity contribution in [3.63, 3.8) is 0 Å². The predicted octanol–water partition coefficient (Wildman–Crippen LogP) is 1.73. The van der Waals surface area contributed by atoms with Gasteiger partial charge in [-0.05, 0) is 34.1 Å². The SMILES string of the molecule is CCNC(=NCCS(=O)(=O)C(C)(C)C)N1CCC(N2CC=CC2)C1.I. The second kappa shape index (κ2) is 9.55. The van der Waals surface area contributed by atoms with Gasteiger partial charge in [0.05, 0.1) is 17.0 Å².